The van der Waals surface area contributed by atoms with Gasteiger partial charge in [-0.15, -0.1) is 0 Å². The van der Waals surface area contributed by atoms with Crippen molar-refractivity contribution in [3.05, 3.63) is 11.8 Å². The van der Waals surface area contributed by atoms with E-state index in [4.69, 9.17) is 8.85 Å². The van der Waals surface area contributed by atoms with Crippen molar-refractivity contribution in [2.75, 3.05) is 0 Å². The smallest absolute Gasteiger partial charge is 0.241 e. The van der Waals surface area contributed by atoms with Gasteiger partial charge in [0.2, 0.25) is 8.32 Å². The van der Waals surface area contributed by atoms with E-state index in [0.29, 0.717) is 11.1 Å². The SMILES string of the molecule is CC(C)(C)[Si](C)(C)O[C@@H]1CC=C(O[Si](C)(C)C)CC1. The van der Waals surface area contributed by atoms with E-state index >= 15 is 0 Å². The standard InChI is InChI=1S/C15H32O2Si2/c1-15(2,3)19(7,8)17-14-11-9-13(10-12-14)16-18(4,5)6/h9,14H,10-12H2,1-8H3/t14-/m1/s1. The van der Waals surface area contributed by atoms with Gasteiger partial charge in [0.15, 0.2) is 8.32 Å². The minimum atomic E-state index is -1.62. The third kappa shape index (κ3) is 5.44. The van der Waals surface area contributed by atoms with Crippen molar-refractivity contribution in [3.8, 4) is 0 Å². The van der Waals surface area contributed by atoms with Gasteiger partial charge in [0.25, 0.3) is 0 Å². The molecule has 0 saturated carbocycles. The summed E-state index contributed by atoms with van der Waals surface area (Å²) in [5.41, 5.74) is 0. The Balaban J connectivity index is 2.55. The van der Waals surface area contributed by atoms with Crippen LogP contribution in [0.25, 0.3) is 0 Å². The zero-order valence-electron chi connectivity index (χ0n) is 14.1. The minimum Gasteiger partial charge on any atom is -0.548 e. The van der Waals surface area contributed by atoms with Crippen LogP contribution in [-0.2, 0) is 8.85 Å². The molecule has 4 heteroatoms. The predicted molar refractivity (Wildman–Crippen MR) is 88.4 cm³/mol. The average Bonchev–Trinajstić information content (AvgIpc) is 2.16. The molecule has 0 spiro atoms. The van der Waals surface area contributed by atoms with Crippen LogP contribution in [0.4, 0.5) is 0 Å². The molecule has 0 fully saturated rings. The van der Waals surface area contributed by atoms with Crippen molar-refractivity contribution in [1.82, 2.24) is 0 Å². The molecule has 0 saturated heterocycles. The molecule has 1 aliphatic carbocycles. The number of hydrogen-bond acceptors (Lipinski definition) is 2. The second-order valence-corrected chi connectivity index (χ2v) is 17.3. The first-order chi connectivity index (χ1) is 8.41. The summed E-state index contributed by atoms with van der Waals surface area (Å²) in [4.78, 5) is 0. The van der Waals surface area contributed by atoms with E-state index in [1.54, 1.807) is 0 Å². The van der Waals surface area contributed by atoms with E-state index in [-0.39, 0.29) is 0 Å². The Hall–Kier alpha value is -0.0662. The zero-order chi connectivity index (χ0) is 14.9. The molecule has 0 amide bonds. The molecule has 0 radical (unpaired) electrons. The fourth-order valence-corrected chi connectivity index (χ4v) is 4.35. The van der Waals surface area contributed by atoms with Crippen molar-refractivity contribution in [1.29, 1.82) is 0 Å². The van der Waals surface area contributed by atoms with Crippen molar-refractivity contribution in [2.45, 2.75) is 83.9 Å². The lowest BCUT2D eigenvalue weighted by atomic mass is 10.0. The van der Waals surface area contributed by atoms with Crippen molar-refractivity contribution < 1.29 is 8.85 Å². The highest BCUT2D eigenvalue weighted by atomic mass is 28.4. The fraction of sp³-hybridized carbons (Fsp3) is 0.867. The van der Waals surface area contributed by atoms with Gasteiger partial charge in [-0.05, 0) is 56.7 Å². The Kier molecular flexibility index (Phi) is 5.13. The van der Waals surface area contributed by atoms with E-state index < -0.39 is 16.6 Å². The monoisotopic (exact) mass is 300 g/mol. The minimum absolute atomic E-state index is 0.297. The number of rotatable bonds is 4. The van der Waals surface area contributed by atoms with Crippen LogP contribution < -0.4 is 0 Å². The molecule has 0 heterocycles. The van der Waals surface area contributed by atoms with Gasteiger partial charge in [-0.1, -0.05) is 20.8 Å². The maximum Gasteiger partial charge on any atom is 0.241 e. The maximum absolute atomic E-state index is 6.47. The summed E-state index contributed by atoms with van der Waals surface area (Å²) in [7, 11) is -3.07. The van der Waals surface area contributed by atoms with Gasteiger partial charge in [0.05, 0.1) is 5.76 Å². The molecule has 19 heavy (non-hydrogen) atoms. The van der Waals surface area contributed by atoms with Gasteiger partial charge >= 0.3 is 0 Å². The maximum atomic E-state index is 6.47. The van der Waals surface area contributed by atoms with Crippen molar-refractivity contribution in [2.24, 2.45) is 0 Å². The number of hydrogen-bond donors (Lipinski definition) is 0. The first kappa shape index (κ1) is 17.0. The summed E-state index contributed by atoms with van der Waals surface area (Å²) in [6, 6.07) is 0. The molecule has 1 rings (SSSR count). The Morgan fingerprint density at radius 1 is 1.11 bits per heavy atom. The summed E-state index contributed by atoms with van der Waals surface area (Å²) >= 11 is 0. The van der Waals surface area contributed by atoms with Gasteiger partial charge < -0.3 is 8.85 Å². The summed E-state index contributed by atoms with van der Waals surface area (Å²) in [6.07, 6.45) is 5.84. The molecule has 1 atom stereocenters. The number of allylic oxidation sites excluding steroid dienone is 1. The summed E-state index contributed by atoms with van der Waals surface area (Å²) in [6.45, 7) is 18.3. The van der Waals surface area contributed by atoms with Crippen LogP contribution in [0, 0.1) is 0 Å². The lowest BCUT2D eigenvalue weighted by Gasteiger charge is -2.40. The van der Waals surface area contributed by atoms with Crippen LogP contribution in [0.2, 0.25) is 37.8 Å². The molecule has 0 aromatic carbocycles. The van der Waals surface area contributed by atoms with Gasteiger partial charge in [-0.25, -0.2) is 0 Å². The van der Waals surface area contributed by atoms with Gasteiger partial charge in [-0.2, -0.15) is 0 Å². The molecule has 1 aliphatic rings. The molecule has 0 aromatic rings. The van der Waals surface area contributed by atoms with E-state index in [2.05, 4.69) is 59.6 Å². The Morgan fingerprint density at radius 2 is 1.68 bits per heavy atom. The highest BCUT2D eigenvalue weighted by Crippen LogP contribution is 2.39. The van der Waals surface area contributed by atoms with E-state index in [0.717, 1.165) is 19.3 Å². The molecule has 0 unspecified atom stereocenters. The highest BCUT2D eigenvalue weighted by Gasteiger charge is 2.39. The summed E-state index contributed by atoms with van der Waals surface area (Å²) < 4.78 is 12.6. The third-order valence-electron chi connectivity index (χ3n) is 4.03. The van der Waals surface area contributed by atoms with Crippen LogP contribution in [0.3, 0.4) is 0 Å². The van der Waals surface area contributed by atoms with Crippen LogP contribution in [-0.4, -0.2) is 22.7 Å². The first-order valence-corrected chi connectivity index (χ1v) is 13.8. The second kappa shape index (κ2) is 5.74. The molecule has 0 bridgehead atoms. The largest absolute Gasteiger partial charge is 0.548 e. The normalized spacial score (nSPS) is 22.1. The molecule has 0 N–H and O–H groups in total. The van der Waals surface area contributed by atoms with Crippen LogP contribution in [0.5, 0.6) is 0 Å². The van der Waals surface area contributed by atoms with Crippen LogP contribution >= 0.6 is 0 Å². The molecule has 2 nitrogen and oxygen atoms in total. The molecule has 112 valence electrons. The Morgan fingerprint density at radius 3 is 2.05 bits per heavy atom. The van der Waals surface area contributed by atoms with Crippen molar-refractivity contribution >= 4 is 16.6 Å². The Bertz CT molecular complexity index is 335. The summed E-state index contributed by atoms with van der Waals surface area (Å²) in [5, 5.41) is 0.297. The second-order valence-electron chi connectivity index (χ2n) is 8.16. The first-order valence-electron chi connectivity index (χ1n) is 7.47. The fourth-order valence-electron chi connectivity index (χ4n) is 1.97. The molecule has 0 aromatic heterocycles. The van der Waals surface area contributed by atoms with Gasteiger partial charge in [-0.3, -0.25) is 0 Å². The van der Waals surface area contributed by atoms with Crippen LogP contribution in [0.1, 0.15) is 40.0 Å². The Labute approximate surface area is 121 Å². The van der Waals surface area contributed by atoms with E-state index in [1.807, 2.05) is 0 Å². The van der Waals surface area contributed by atoms with E-state index in [9.17, 15) is 0 Å². The molecular formula is C15H32O2Si2. The molecule has 0 aliphatic heterocycles. The lowest BCUT2D eigenvalue weighted by Crippen LogP contribution is -2.44. The third-order valence-corrected chi connectivity index (χ3v) is 9.44. The van der Waals surface area contributed by atoms with Gasteiger partial charge in [0.1, 0.15) is 0 Å². The average molecular weight is 301 g/mol. The highest BCUT2D eigenvalue weighted by molar-refractivity contribution is 6.74. The quantitative estimate of drug-likeness (QED) is 0.656. The van der Waals surface area contributed by atoms with Crippen LogP contribution in [0.15, 0.2) is 11.8 Å². The van der Waals surface area contributed by atoms with E-state index in [1.165, 1.54) is 5.76 Å². The lowest BCUT2D eigenvalue weighted by molar-refractivity contribution is 0.159. The molecular weight excluding hydrogens is 268 g/mol. The van der Waals surface area contributed by atoms with Crippen molar-refractivity contribution in [3.63, 3.8) is 0 Å². The summed E-state index contributed by atoms with van der Waals surface area (Å²) in [5.74, 6) is 1.20. The zero-order valence-corrected chi connectivity index (χ0v) is 16.1. The topological polar surface area (TPSA) is 18.5 Å². The predicted octanol–water partition coefficient (Wildman–Crippen LogP) is 5.30. The van der Waals surface area contributed by atoms with Gasteiger partial charge in [0, 0.05) is 12.5 Å².